The van der Waals surface area contributed by atoms with E-state index in [0.717, 1.165) is 43.5 Å². The first-order chi connectivity index (χ1) is 14.1. The van der Waals surface area contributed by atoms with Gasteiger partial charge in [-0.2, -0.15) is 0 Å². The second-order valence-corrected chi connectivity index (χ2v) is 8.64. The van der Waals surface area contributed by atoms with Crippen LogP contribution < -0.4 is 0 Å². The molecule has 0 atom stereocenters. The third-order valence-electron chi connectivity index (χ3n) is 6.25. The van der Waals surface area contributed by atoms with Gasteiger partial charge in [0.1, 0.15) is 11.6 Å². The number of nitrogens with one attached hydrogen (secondary N) is 1. The number of aromatic nitrogens is 4. The summed E-state index contributed by atoms with van der Waals surface area (Å²) in [7, 11) is 0. The lowest BCUT2D eigenvalue weighted by Crippen LogP contribution is -2.32. The van der Waals surface area contributed by atoms with Crippen LogP contribution in [-0.2, 0) is 19.5 Å². The highest BCUT2D eigenvalue weighted by Gasteiger charge is 2.18. The summed E-state index contributed by atoms with van der Waals surface area (Å²) in [6, 6.07) is 4.66. The van der Waals surface area contributed by atoms with E-state index in [0.29, 0.717) is 0 Å². The van der Waals surface area contributed by atoms with Crippen molar-refractivity contribution in [3.8, 4) is 11.4 Å². The lowest BCUT2D eigenvalue weighted by Gasteiger charge is -2.31. The number of hydrogen-bond donors (Lipinski definition) is 1. The number of piperidine rings is 1. The van der Waals surface area contributed by atoms with Gasteiger partial charge >= 0.3 is 0 Å². The van der Waals surface area contributed by atoms with Crippen LogP contribution in [0.15, 0.2) is 36.9 Å². The van der Waals surface area contributed by atoms with E-state index < -0.39 is 0 Å². The average Bonchev–Trinajstić information content (AvgIpc) is 3.38. The maximum atomic E-state index is 4.73. The summed E-state index contributed by atoms with van der Waals surface area (Å²) in [5, 5.41) is 0. The Morgan fingerprint density at radius 3 is 2.69 bits per heavy atom. The van der Waals surface area contributed by atoms with Crippen molar-refractivity contribution < 1.29 is 0 Å². The van der Waals surface area contributed by atoms with Gasteiger partial charge in [0.25, 0.3) is 0 Å². The fraction of sp³-hybridized carbons (Fsp3) is 0.500. The van der Waals surface area contributed by atoms with Crippen molar-refractivity contribution in [2.24, 2.45) is 5.92 Å². The average molecular weight is 392 g/mol. The van der Waals surface area contributed by atoms with Crippen LogP contribution in [0.2, 0.25) is 0 Å². The molecule has 5 nitrogen and oxygen atoms in total. The maximum Gasteiger partial charge on any atom is 0.140 e. The number of aromatic amines is 1. The summed E-state index contributed by atoms with van der Waals surface area (Å²) in [5.41, 5.74) is 5.40. The molecular weight excluding hydrogens is 358 g/mol. The minimum atomic E-state index is 0.870. The van der Waals surface area contributed by atoms with Crippen molar-refractivity contribution in [1.82, 2.24) is 24.4 Å². The van der Waals surface area contributed by atoms with Crippen molar-refractivity contribution in [3.05, 3.63) is 59.4 Å². The lowest BCUT2D eigenvalue weighted by molar-refractivity contribution is 0.185. The molecule has 0 aliphatic carbocycles. The zero-order valence-electron chi connectivity index (χ0n) is 18.0. The van der Waals surface area contributed by atoms with Crippen molar-refractivity contribution in [2.45, 2.75) is 59.5 Å². The van der Waals surface area contributed by atoms with Gasteiger partial charge in [-0.15, -0.1) is 0 Å². The second-order valence-electron chi connectivity index (χ2n) is 8.64. The van der Waals surface area contributed by atoms with E-state index in [4.69, 9.17) is 4.98 Å². The molecule has 3 aromatic rings. The standard InChI is InChI=1S/C24H33N5/c1-18-6-12-28(13-7-18)17-21-15-19(2)16-22(20(21)3)24-27-10-14-29(24)11-4-5-23-25-8-9-26-23/h8-10,14-16,18H,4-7,11-13,17H2,1-3H3,(H,25,26). The van der Waals surface area contributed by atoms with Gasteiger partial charge in [0.15, 0.2) is 0 Å². The Kier molecular flexibility index (Phi) is 6.14. The normalized spacial score (nSPS) is 15.8. The fourth-order valence-electron chi connectivity index (χ4n) is 4.38. The molecule has 4 rings (SSSR count). The van der Waals surface area contributed by atoms with Gasteiger partial charge in [0.2, 0.25) is 0 Å². The summed E-state index contributed by atoms with van der Waals surface area (Å²) in [6.45, 7) is 11.3. The smallest absolute Gasteiger partial charge is 0.140 e. The van der Waals surface area contributed by atoms with Crippen LogP contribution >= 0.6 is 0 Å². The van der Waals surface area contributed by atoms with Crippen molar-refractivity contribution in [2.75, 3.05) is 13.1 Å². The van der Waals surface area contributed by atoms with E-state index in [1.807, 2.05) is 18.6 Å². The second kappa shape index (κ2) is 8.95. The molecule has 1 N–H and O–H groups in total. The Labute approximate surface area is 174 Å². The van der Waals surface area contributed by atoms with E-state index in [9.17, 15) is 0 Å². The summed E-state index contributed by atoms with van der Waals surface area (Å²) >= 11 is 0. The number of hydrogen-bond acceptors (Lipinski definition) is 3. The molecular formula is C24H33N5. The fourth-order valence-corrected chi connectivity index (χ4v) is 4.38. The molecule has 0 radical (unpaired) electrons. The number of imidazole rings is 2. The molecule has 1 aliphatic heterocycles. The number of nitrogens with zero attached hydrogens (tertiary/aromatic N) is 4. The Hall–Kier alpha value is -2.40. The molecule has 0 spiro atoms. The minimum absolute atomic E-state index is 0.870. The summed E-state index contributed by atoms with van der Waals surface area (Å²) < 4.78 is 2.29. The molecule has 0 unspecified atom stereocenters. The van der Waals surface area contributed by atoms with Gasteiger partial charge in [-0.3, -0.25) is 4.90 Å². The van der Waals surface area contributed by atoms with Crippen LogP contribution in [0.3, 0.4) is 0 Å². The first-order valence-corrected chi connectivity index (χ1v) is 10.9. The zero-order chi connectivity index (χ0) is 20.2. The molecule has 29 heavy (non-hydrogen) atoms. The van der Waals surface area contributed by atoms with E-state index in [1.165, 1.54) is 48.2 Å². The molecule has 1 aromatic carbocycles. The number of aryl methyl sites for hydroxylation is 3. The molecule has 3 heterocycles. The first kappa shape index (κ1) is 19.9. The Morgan fingerprint density at radius 1 is 1.10 bits per heavy atom. The Morgan fingerprint density at radius 2 is 1.93 bits per heavy atom. The van der Waals surface area contributed by atoms with E-state index >= 15 is 0 Å². The molecule has 2 aromatic heterocycles. The van der Waals surface area contributed by atoms with E-state index in [2.05, 4.69) is 58.5 Å². The summed E-state index contributed by atoms with van der Waals surface area (Å²) in [5.74, 6) is 3.00. The molecule has 0 saturated carbocycles. The van der Waals surface area contributed by atoms with Gasteiger partial charge in [0, 0.05) is 49.9 Å². The molecule has 0 bridgehead atoms. The first-order valence-electron chi connectivity index (χ1n) is 10.9. The Balaban J connectivity index is 1.51. The topological polar surface area (TPSA) is 49.7 Å². The van der Waals surface area contributed by atoms with Gasteiger partial charge in [0.05, 0.1) is 0 Å². The number of benzene rings is 1. The SMILES string of the molecule is Cc1cc(CN2CCC(C)CC2)c(C)c(-c2nccn2CCCc2ncc[nH]2)c1. The van der Waals surface area contributed by atoms with Crippen molar-refractivity contribution in [3.63, 3.8) is 0 Å². The maximum absolute atomic E-state index is 4.73. The Bertz CT molecular complexity index is 917. The molecule has 1 fully saturated rings. The predicted molar refractivity (Wildman–Crippen MR) is 118 cm³/mol. The van der Waals surface area contributed by atoms with Gasteiger partial charge in [-0.25, -0.2) is 9.97 Å². The number of rotatable bonds is 7. The molecule has 5 heteroatoms. The van der Waals surface area contributed by atoms with Gasteiger partial charge in [-0.1, -0.05) is 18.6 Å². The molecule has 154 valence electrons. The quantitative estimate of drug-likeness (QED) is 0.632. The largest absolute Gasteiger partial charge is 0.349 e. The van der Waals surface area contributed by atoms with Crippen LogP contribution in [0.1, 0.15) is 48.7 Å². The van der Waals surface area contributed by atoms with Gasteiger partial charge in [-0.05, 0) is 69.3 Å². The highest BCUT2D eigenvalue weighted by molar-refractivity contribution is 5.64. The van der Waals surface area contributed by atoms with E-state index in [1.54, 1.807) is 0 Å². The monoisotopic (exact) mass is 391 g/mol. The van der Waals surface area contributed by atoms with E-state index in [-0.39, 0.29) is 0 Å². The molecule has 1 aliphatic rings. The summed E-state index contributed by atoms with van der Waals surface area (Å²) in [6.07, 6.45) is 12.4. The molecule has 1 saturated heterocycles. The van der Waals surface area contributed by atoms with Crippen molar-refractivity contribution >= 4 is 0 Å². The highest BCUT2D eigenvalue weighted by atomic mass is 15.1. The minimum Gasteiger partial charge on any atom is -0.349 e. The third-order valence-corrected chi connectivity index (χ3v) is 6.25. The molecule has 0 amide bonds. The predicted octanol–water partition coefficient (Wildman–Crippen LogP) is 4.75. The van der Waals surface area contributed by atoms with Crippen LogP contribution in [-0.4, -0.2) is 37.5 Å². The van der Waals surface area contributed by atoms with Crippen LogP contribution in [0, 0.1) is 19.8 Å². The zero-order valence-corrected chi connectivity index (χ0v) is 18.0. The number of H-pyrrole nitrogens is 1. The lowest BCUT2D eigenvalue weighted by atomic mass is 9.95. The van der Waals surface area contributed by atoms with Crippen LogP contribution in [0.25, 0.3) is 11.4 Å². The van der Waals surface area contributed by atoms with Crippen LogP contribution in [0.5, 0.6) is 0 Å². The van der Waals surface area contributed by atoms with Crippen molar-refractivity contribution in [1.29, 1.82) is 0 Å². The number of likely N-dealkylation sites (tertiary alicyclic amines) is 1. The highest BCUT2D eigenvalue weighted by Crippen LogP contribution is 2.28. The third kappa shape index (κ3) is 4.78. The summed E-state index contributed by atoms with van der Waals surface area (Å²) in [4.78, 5) is 14.9. The van der Waals surface area contributed by atoms with Crippen LogP contribution in [0.4, 0.5) is 0 Å². The van der Waals surface area contributed by atoms with Gasteiger partial charge < -0.3 is 9.55 Å².